The van der Waals surface area contributed by atoms with E-state index in [0.29, 0.717) is 39.5 Å². The summed E-state index contributed by atoms with van der Waals surface area (Å²) in [5.74, 6) is 0.0875. The topological polar surface area (TPSA) is 97.3 Å². The highest BCUT2D eigenvalue weighted by molar-refractivity contribution is 9.10. The van der Waals surface area contributed by atoms with Gasteiger partial charge < -0.3 is 14.6 Å². The second-order valence-corrected chi connectivity index (χ2v) is 7.15. The lowest BCUT2D eigenvalue weighted by Gasteiger charge is -2.11. The van der Waals surface area contributed by atoms with Crippen LogP contribution in [0.2, 0.25) is 0 Å². The van der Waals surface area contributed by atoms with E-state index in [0.717, 1.165) is 10.0 Å². The minimum Gasteiger partial charge on any atom is -0.497 e. The van der Waals surface area contributed by atoms with E-state index in [1.807, 2.05) is 24.3 Å². The van der Waals surface area contributed by atoms with Crippen LogP contribution in [0.15, 0.2) is 53.0 Å². The molecule has 0 saturated heterocycles. The van der Waals surface area contributed by atoms with Crippen molar-refractivity contribution in [2.75, 3.05) is 14.2 Å². The molecule has 146 valence electrons. The fraction of sp³-hybridized carbons (Fsp3) is 0.0952. The van der Waals surface area contributed by atoms with E-state index in [4.69, 9.17) is 9.47 Å². The number of H-pyrrole nitrogens is 1. The Labute approximate surface area is 174 Å². The molecule has 0 amide bonds. The van der Waals surface area contributed by atoms with Crippen molar-refractivity contribution in [2.45, 2.75) is 0 Å². The fourth-order valence-electron chi connectivity index (χ4n) is 3.17. The number of ether oxygens (including phenoxy) is 2. The predicted octanol–water partition coefficient (Wildman–Crippen LogP) is 4.77. The number of benzene rings is 2. The molecule has 0 atom stereocenters. The van der Waals surface area contributed by atoms with Gasteiger partial charge in [0.2, 0.25) is 0 Å². The number of aromatic amines is 1. The first-order chi connectivity index (χ1) is 14.0. The molecule has 29 heavy (non-hydrogen) atoms. The van der Waals surface area contributed by atoms with Crippen LogP contribution < -0.4 is 9.47 Å². The van der Waals surface area contributed by atoms with E-state index in [1.165, 1.54) is 13.2 Å². The Bertz CT molecular complexity index is 1220. The van der Waals surface area contributed by atoms with Gasteiger partial charge in [0.15, 0.2) is 5.65 Å². The Balaban J connectivity index is 1.94. The molecule has 0 radical (unpaired) electrons. The third kappa shape index (κ3) is 3.42. The number of pyridine rings is 1. The molecule has 7 nitrogen and oxygen atoms in total. The summed E-state index contributed by atoms with van der Waals surface area (Å²) in [5.41, 5.74) is 2.93. The maximum absolute atomic E-state index is 12.1. The van der Waals surface area contributed by atoms with Gasteiger partial charge in [0.05, 0.1) is 36.6 Å². The Hall–Kier alpha value is -3.39. The van der Waals surface area contributed by atoms with E-state index in [-0.39, 0.29) is 5.56 Å². The van der Waals surface area contributed by atoms with Crippen LogP contribution in [0.1, 0.15) is 10.4 Å². The molecule has 0 unspecified atom stereocenters. The van der Waals surface area contributed by atoms with Crippen molar-refractivity contribution in [2.24, 2.45) is 0 Å². The number of carboxylic acid groups (broad SMARTS) is 1. The van der Waals surface area contributed by atoms with E-state index in [1.54, 1.807) is 25.3 Å². The summed E-state index contributed by atoms with van der Waals surface area (Å²) < 4.78 is 11.6. The highest BCUT2D eigenvalue weighted by Gasteiger charge is 2.21. The zero-order valence-corrected chi connectivity index (χ0v) is 17.1. The number of aromatic carboxylic acids is 1. The van der Waals surface area contributed by atoms with Crippen molar-refractivity contribution in [1.82, 2.24) is 15.2 Å². The number of hydrogen-bond donors (Lipinski definition) is 2. The first-order valence-electron chi connectivity index (χ1n) is 8.62. The van der Waals surface area contributed by atoms with Crippen molar-refractivity contribution in [3.8, 4) is 34.0 Å². The maximum Gasteiger partial charge on any atom is 0.336 e. The summed E-state index contributed by atoms with van der Waals surface area (Å²) in [4.78, 5) is 16.6. The first-order valence-corrected chi connectivity index (χ1v) is 9.42. The van der Waals surface area contributed by atoms with Gasteiger partial charge >= 0.3 is 5.97 Å². The average Bonchev–Trinajstić information content (AvgIpc) is 3.17. The third-order valence-electron chi connectivity index (χ3n) is 4.57. The number of carbonyl (C=O) groups is 1. The maximum atomic E-state index is 12.1. The summed E-state index contributed by atoms with van der Waals surface area (Å²) >= 11 is 3.40. The molecule has 0 bridgehead atoms. The van der Waals surface area contributed by atoms with E-state index >= 15 is 0 Å². The summed E-state index contributed by atoms with van der Waals surface area (Å²) in [6, 6.07) is 14.3. The normalized spacial score (nSPS) is 10.9. The van der Waals surface area contributed by atoms with Crippen LogP contribution in [0.5, 0.6) is 11.5 Å². The molecule has 0 spiro atoms. The molecule has 2 heterocycles. The number of carboxylic acids is 1. The van der Waals surface area contributed by atoms with Gasteiger partial charge in [-0.2, -0.15) is 5.10 Å². The average molecular weight is 454 g/mol. The third-order valence-corrected chi connectivity index (χ3v) is 5.10. The molecule has 0 aliphatic rings. The van der Waals surface area contributed by atoms with Crippen LogP contribution >= 0.6 is 15.9 Å². The Kier molecular flexibility index (Phi) is 4.94. The standard InChI is InChI=1S/C21H16BrN3O4/c1-28-13-7-8-14(17(9-13)29-2)16-10-15(21(26)27)18-19(24-25-20(18)23-16)11-3-5-12(22)6-4-11/h3-10H,1-2H3,(H,26,27)(H,23,24,25). The van der Waals surface area contributed by atoms with Gasteiger partial charge in [0.25, 0.3) is 0 Å². The quantitative estimate of drug-likeness (QED) is 0.451. The van der Waals surface area contributed by atoms with Gasteiger partial charge in [-0.1, -0.05) is 28.1 Å². The van der Waals surface area contributed by atoms with Crippen molar-refractivity contribution in [1.29, 1.82) is 0 Å². The Morgan fingerprint density at radius 2 is 1.83 bits per heavy atom. The largest absolute Gasteiger partial charge is 0.497 e. The van der Waals surface area contributed by atoms with Crippen LogP contribution in [0, 0.1) is 0 Å². The van der Waals surface area contributed by atoms with Gasteiger partial charge in [0, 0.05) is 21.7 Å². The van der Waals surface area contributed by atoms with Crippen molar-refractivity contribution >= 4 is 32.9 Å². The van der Waals surface area contributed by atoms with E-state index in [2.05, 4.69) is 31.1 Å². The summed E-state index contributed by atoms with van der Waals surface area (Å²) in [7, 11) is 3.10. The highest BCUT2D eigenvalue weighted by Crippen LogP contribution is 2.36. The molecule has 4 aromatic rings. The molecule has 0 aliphatic carbocycles. The van der Waals surface area contributed by atoms with Crippen molar-refractivity contribution in [3.05, 3.63) is 58.6 Å². The van der Waals surface area contributed by atoms with E-state index in [9.17, 15) is 9.90 Å². The van der Waals surface area contributed by atoms with Crippen LogP contribution in [0.25, 0.3) is 33.5 Å². The molecule has 0 saturated carbocycles. The number of halogens is 1. The Morgan fingerprint density at radius 3 is 2.48 bits per heavy atom. The Morgan fingerprint density at radius 1 is 1.07 bits per heavy atom. The lowest BCUT2D eigenvalue weighted by molar-refractivity contribution is 0.0699. The molecule has 4 rings (SSSR count). The molecule has 2 aromatic heterocycles. The first kappa shape index (κ1) is 18.9. The van der Waals surface area contributed by atoms with Gasteiger partial charge in [-0.3, -0.25) is 5.10 Å². The second-order valence-electron chi connectivity index (χ2n) is 6.23. The smallest absolute Gasteiger partial charge is 0.336 e. The minimum atomic E-state index is -1.06. The minimum absolute atomic E-state index is 0.106. The molecule has 2 aromatic carbocycles. The van der Waals surface area contributed by atoms with Crippen LogP contribution in [0.3, 0.4) is 0 Å². The lowest BCUT2D eigenvalue weighted by atomic mass is 10.0. The van der Waals surface area contributed by atoms with Crippen molar-refractivity contribution in [3.63, 3.8) is 0 Å². The number of hydrogen-bond acceptors (Lipinski definition) is 5. The van der Waals surface area contributed by atoms with Crippen LogP contribution in [-0.2, 0) is 0 Å². The number of rotatable bonds is 5. The van der Waals surface area contributed by atoms with Crippen LogP contribution in [0.4, 0.5) is 0 Å². The van der Waals surface area contributed by atoms with Gasteiger partial charge in [0.1, 0.15) is 11.5 Å². The van der Waals surface area contributed by atoms with Crippen LogP contribution in [-0.4, -0.2) is 40.5 Å². The van der Waals surface area contributed by atoms with Gasteiger partial charge in [-0.25, -0.2) is 9.78 Å². The summed E-state index contributed by atoms with van der Waals surface area (Å²) in [6.07, 6.45) is 0. The second kappa shape index (κ2) is 7.56. The molecular weight excluding hydrogens is 438 g/mol. The van der Waals surface area contributed by atoms with Gasteiger partial charge in [-0.15, -0.1) is 0 Å². The van der Waals surface area contributed by atoms with E-state index < -0.39 is 5.97 Å². The SMILES string of the molecule is COc1ccc(-c2cc(C(=O)O)c3c(-c4ccc(Br)cc4)[nH]nc3n2)c(OC)c1. The molecule has 8 heteroatoms. The lowest BCUT2D eigenvalue weighted by Crippen LogP contribution is -2.01. The number of nitrogens with one attached hydrogen (secondary N) is 1. The zero-order valence-electron chi connectivity index (χ0n) is 15.6. The number of methoxy groups -OCH3 is 2. The predicted molar refractivity (Wildman–Crippen MR) is 113 cm³/mol. The number of aromatic nitrogens is 3. The molecule has 2 N–H and O–H groups in total. The molecular formula is C21H16BrN3O4. The highest BCUT2D eigenvalue weighted by atomic mass is 79.9. The number of fused-ring (bicyclic) bond motifs is 1. The monoisotopic (exact) mass is 453 g/mol. The number of nitrogens with zero attached hydrogens (tertiary/aromatic N) is 2. The summed E-state index contributed by atoms with van der Waals surface area (Å²) in [5, 5.41) is 17.5. The van der Waals surface area contributed by atoms with Gasteiger partial charge in [-0.05, 0) is 30.3 Å². The fourth-order valence-corrected chi connectivity index (χ4v) is 3.43. The molecule has 0 aliphatic heterocycles. The molecule has 0 fully saturated rings. The van der Waals surface area contributed by atoms with Crippen molar-refractivity contribution < 1.29 is 19.4 Å². The summed E-state index contributed by atoms with van der Waals surface area (Å²) in [6.45, 7) is 0. The zero-order chi connectivity index (χ0) is 20.5.